The lowest BCUT2D eigenvalue weighted by molar-refractivity contribution is 0.414. The molecule has 0 aliphatic rings. The van der Waals surface area contributed by atoms with Crippen LogP contribution in [0.1, 0.15) is 11.4 Å². The third-order valence-corrected chi connectivity index (χ3v) is 2.94. The third kappa shape index (κ3) is 2.20. The number of ether oxygens (including phenoxy) is 1. The summed E-state index contributed by atoms with van der Waals surface area (Å²) in [5.41, 5.74) is 0.469. The number of nitrogens with zero attached hydrogens (tertiary/aromatic N) is 1. The first kappa shape index (κ1) is 12.2. The highest BCUT2D eigenvalue weighted by Crippen LogP contribution is 2.15. The summed E-state index contributed by atoms with van der Waals surface area (Å²) in [6.07, 6.45) is 0.507. The summed E-state index contributed by atoms with van der Waals surface area (Å²) in [4.78, 5) is 34.5. The van der Waals surface area contributed by atoms with Gasteiger partial charge in [0.2, 0.25) is 0 Å². The number of fused-ring (bicyclic) bond motifs is 1. The van der Waals surface area contributed by atoms with E-state index in [1.165, 1.54) is 0 Å². The molecule has 7 heteroatoms. The van der Waals surface area contributed by atoms with Gasteiger partial charge in [-0.1, -0.05) is 12.1 Å². The molecule has 0 unspecified atom stereocenters. The molecule has 0 aliphatic heterocycles. The van der Waals surface area contributed by atoms with E-state index >= 15 is 0 Å². The van der Waals surface area contributed by atoms with Gasteiger partial charge < -0.3 is 9.72 Å². The average Bonchev–Trinajstić information content (AvgIpc) is 2.81. The van der Waals surface area contributed by atoms with Gasteiger partial charge in [-0.2, -0.15) is 0 Å². The topological polar surface area (TPSA) is 104 Å². The van der Waals surface area contributed by atoms with Gasteiger partial charge >= 0.3 is 5.69 Å². The van der Waals surface area contributed by atoms with Crippen molar-refractivity contribution >= 4 is 11.2 Å². The van der Waals surface area contributed by atoms with Crippen molar-refractivity contribution in [3.05, 3.63) is 56.5 Å². The molecule has 102 valence electrons. The van der Waals surface area contributed by atoms with E-state index in [1.807, 2.05) is 24.3 Å². The smallest absolute Gasteiger partial charge is 0.327 e. The van der Waals surface area contributed by atoms with E-state index in [4.69, 9.17) is 4.74 Å². The lowest BCUT2D eigenvalue weighted by atomic mass is 10.1. The largest absolute Gasteiger partial charge is 0.497 e. The first-order valence-electron chi connectivity index (χ1n) is 6.00. The molecular weight excluding hydrogens is 260 g/mol. The molecule has 20 heavy (non-hydrogen) atoms. The molecule has 0 atom stereocenters. The first-order chi connectivity index (χ1) is 9.65. The second-order valence-corrected chi connectivity index (χ2v) is 4.34. The molecule has 1 aromatic carbocycles. The number of methoxy groups -OCH3 is 1. The van der Waals surface area contributed by atoms with Crippen LogP contribution in [-0.2, 0) is 6.42 Å². The molecule has 0 spiro atoms. The molecule has 2 aromatic heterocycles. The van der Waals surface area contributed by atoms with Gasteiger partial charge in [-0.25, -0.2) is 9.78 Å². The number of hydrogen-bond donors (Lipinski definition) is 3. The van der Waals surface area contributed by atoms with Crippen molar-refractivity contribution in [3.63, 3.8) is 0 Å². The van der Waals surface area contributed by atoms with Crippen molar-refractivity contribution in [3.8, 4) is 5.75 Å². The van der Waals surface area contributed by atoms with Gasteiger partial charge in [0.25, 0.3) is 5.56 Å². The lowest BCUT2D eigenvalue weighted by Gasteiger charge is -2.02. The summed E-state index contributed by atoms with van der Waals surface area (Å²) in [5.74, 6) is 1.35. The highest BCUT2D eigenvalue weighted by Gasteiger charge is 2.08. The summed E-state index contributed by atoms with van der Waals surface area (Å²) in [6.45, 7) is 0. The van der Waals surface area contributed by atoms with Crippen LogP contribution in [0.4, 0.5) is 0 Å². The van der Waals surface area contributed by atoms with E-state index < -0.39 is 11.2 Å². The fraction of sp³-hybridized carbons (Fsp3) is 0.154. The first-order valence-corrected chi connectivity index (χ1v) is 6.00. The standard InChI is InChI=1S/C13H12N4O3/c1-20-8-4-2-3-7(5-8)6-9-14-10-11(15-9)16-13(19)17-12(10)18/h2-5H,6H2,1H3,(H3,14,15,16,17,18,19). The van der Waals surface area contributed by atoms with Crippen LogP contribution < -0.4 is 16.0 Å². The highest BCUT2D eigenvalue weighted by molar-refractivity contribution is 5.68. The minimum atomic E-state index is -0.568. The Hall–Kier alpha value is -2.83. The molecule has 0 amide bonds. The highest BCUT2D eigenvalue weighted by atomic mass is 16.5. The second kappa shape index (κ2) is 4.69. The molecule has 0 fully saturated rings. The van der Waals surface area contributed by atoms with Crippen LogP contribution in [0.2, 0.25) is 0 Å². The summed E-state index contributed by atoms with van der Waals surface area (Å²) in [7, 11) is 1.60. The molecule has 3 N–H and O–H groups in total. The number of imidazole rings is 1. The third-order valence-electron chi connectivity index (χ3n) is 2.94. The molecule has 3 aromatic rings. The van der Waals surface area contributed by atoms with Gasteiger partial charge in [0.05, 0.1) is 7.11 Å². The number of aromatic amines is 3. The Morgan fingerprint density at radius 1 is 1.20 bits per heavy atom. The zero-order valence-electron chi connectivity index (χ0n) is 10.7. The molecule has 2 heterocycles. The Morgan fingerprint density at radius 3 is 2.85 bits per heavy atom. The number of rotatable bonds is 3. The molecule has 7 nitrogen and oxygen atoms in total. The minimum Gasteiger partial charge on any atom is -0.497 e. The van der Waals surface area contributed by atoms with Gasteiger partial charge in [-0.05, 0) is 17.7 Å². The van der Waals surface area contributed by atoms with Gasteiger partial charge in [-0.3, -0.25) is 14.8 Å². The quantitative estimate of drug-likeness (QED) is 0.647. The lowest BCUT2D eigenvalue weighted by Crippen LogP contribution is -2.21. The van der Waals surface area contributed by atoms with Crippen molar-refractivity contribution in [2.24, 2.45) is 0 Å². The summed E-state index contributed by atoms with van der Waals surface area (Å²) in [6, 6.07) is 7.55. The number of aromatic nitrogens is 4. The molecule has 0 saturated heterocycles. The SMILES string of the molecule is COc1cccc(Cc2nc3[nH]c(=O)[nH]c(=O)c3[nH]2)c1. The predicted molar refractivity (Wildman–Crippen MR) is 73.1 cm³/mol. The van der Waals surface area contributed by atoms with E-state index in [0.717, 1.165) is 11.3 Å². The van der Waals surface area contributed by atoms with Gasteiger partial charge in [0.15, 0.2) is 5.65 Å². The van der Waals surface area contributed by atoms with Crippen LogP contribution >= 0.6 is 0 Å². The Bertz CT molecular complexity index is 875. The Kier molecular flexibility index (Phi) is 2.86. The minimum absolute atomic E-state index is 0.261. The Morgan fingerprint density at radius 2 is 2.05 bits per heavy atom. The van der Waals surface area contributed by atoms with Crippen LogP contribution in [0.15, 0.2) is 33.9 Å². The molecule has 0 radical (unpaired) electrons. The van der Waals surface area contributed by atoms with Gasteiger partial charge in [-0.15, -0.1) is 0 Å². The molecule has 0 saturated carbocycles. The van der Waals surface area contributed by atoms with Crippen LogP contribution in [0, 0.1) is 0 Å². The number of H-pyrrole nitrogens is 3. The number of benzene rings is 1. The fourth-order valence-corrected chi connectivity index (χ4v) is 2.04. The van der Waals surface area contributed by atoms with Crippen LogP contribution in [0.5, 0.6) is 5.75 Å². The molecule has 3 rings (SSSR count). The normalized spacial score (nSPS) is 10.8. The zero-order valence-corrected chi connectivity index (χ0v) is 10.7. The van der Waals surface area contributed by atoms with E-state index in [9.17, 15) is 9.59 Å². The summed E-state index contributed by atoms with van der Waals surface area (Å²) in [5, 5.41) is 0. The van der Waals surface area contributed by atoms with E-state index in [2.05, 4.69) is 19.9 Å². The number of nitrogens with one attached hydrogen (secondary N) is 3. The monoisotopic (exact) mass is 272 g/mol. The zero-order chi connectivity index (χ0) is 14.1. The van der Waals surface area contributed by atoms with E-state index in [-0.39, 0.29) is 11.2 Å². The maximum Gasteiger partial charge on any atom is 0.327 e. The van der Waals surface area contributed by atoms with Crippen molar-refractivity contribution in [2.75, 3.05) is 7.11 Å². The molecule has 0 bridgehead atoms. The summed E-state index contributed by atoms with van der Waals surface area (Å²) >= 11 is 0. The summed E-state index contributed by atoms with van der Waals surface area (Å²) < 4.78 is 5.15. The predicted octanol–water partition coefficient (Wildman–Crippen LogP) is 0.539. The Balaban J connectivity index is 2.00. The Labute approximate surface area is 112 Å². The van der Waals surface area contributed by atoms with E-state index in [1.54, 1.807) is 7.11 Å². The van der Waals surface area contributed by atoms with Crippen LogP contribution in [-0.4, -0.2) is 27.0 Å². The van der Waals surface area contributed by atoms with Crippen molar-refractivity contribution < 1.29 is 4.74 Å². The van der Waals surface area contributed by atoms with E-state index in [0.29, 0.717) is 12.2 Å². The second-order valence-electron chi connectivity index (χ2n) is 4.34. The van der Waals surface area contributed by atoms with Crippen molar-refractivity contribution in [1.29, 1.82) is 0 Å². The van der Waals surface area contributed by atoms with Crippen LogP contribution in [0.3, 0.4) is 0 Å². The maximum atomic E-state index is 11.6. The molecular formula is C13H12N4O3. The van der Waals surface area contributed by atoms with Crippen molar-refractivity contribution in [2.45, 2.75) is 6.42 Å². The molecule has 0 aliphatic carbocycles. The van der Waals surface area contributed by atoms with Gasteiger partial charge in [0, 0.05) is 6.42 Å². The fourth-order valence-electron chi connectivity index (χ4n) is 2.04. The van der Waals surface area contributed by atoms with Crippen molar-refractivity contribution in [1.82, 2.24) is 19.9 Å². The average molecular weight is 272 g/mol. The van der Waals surface area contributed by atoms with Crippen LogP contribution in [0.25, 0.3) is 11.2 Å². The maximum absolute atomic E-state index is 11.6. The number of hydrogen-bond acceptors (Lipinski definition) is 4. The van der Waals surface area contributed by atoms with Gasteiger partial charge in [0.1, 0.15) is 17.1 Å².